The lowest BCUT2D eigenvalue weighted by Gasteiger charge is -2.38. The fourth-order valence-electron chi connectivity index (χ4n) is 3.04. The second-order valence-corrected chi connectivity index (χ2v) is 5.63. The van der Waals surface area contributed by atoms with Crippen LogP contribution in [0.4, 0.5) is 14.5 Å². The molecule has 0 saturated carbocycles. The van der Waals surface area contributed by atoms with Gasteiger partial charge in [-0.3, -0.25) is 15.0 Å². The minimum absolute atomic E-state index is 0.120. The molecule has 2 aliphatic rings. The quantitative estimate of drug-likeness (QED) is 0.604. The molecule has 8 nitrogen and oxygen atoms in total. The van der Waals surface area contributed by atoms with E-state index >= 15 is 0 Å². The molecule has 24 heavy (non-hydrogen) atoms. The highest BCUT2D eigenvalue weighted by molar-refractivity contribution is 5.56. The SMILES string of the molecule is O=[N+]([O-])c1cc2c(cc1[C@@H](N1CCNCC1)C(F)(F)CO)OCO2. The molecule has 1 aromatic carbocycles. The number of aliphatic hydroxyl groups excluding tert-OH is 1. The third kappa shape index (κ3) is 2.99. The Kier molecular flexibility index (Phi) is 4.52. The summed E-state index contributed by atoms with van der Waals surface area (Å²) in [6.45, 7) is 0.00223. The van der Waals surface area contributed by atoms with Gasteiger partial charge in [0.25, 0.3) is 11.6 Å². The molecule has 0 bridgehead atoms. The number of benzene rings is 1. The minimum Gasteiger partial charge on any atom is -0.454 e. The molecule has 1 atom stereocenters. The smallest absolute Gasteiger partial charge is 0.290 e. The highest BCUT2D eigenvalue weighted by atomic mass is 19.3. The fraction of sp³-hybridized carbons (Fsp3) is 0.571. The largest absolute Gasteiger partial charge is 0.454 e. The number of nitro benzene ring substituents is 1. The van der Waals surface area contributed by atoms with Crippen molar-refractivity contribution in [1.29, 1.82) is 0 Å². The molecular weight excluding hydrogens is 328 g/mol. The maximum absolute atomic E-state index is 14.5. The van der Waals surface area contributed by atoms with E-state index in [0.29, 0.717) is 13.1 Å². The molecule has 3 rings (SSSR count). The Bertz CT molecular complexity index is 637. The summed E-state index contributed by atoms with van der Waals surface area (Å²) in [6, 6.07) is 0.691. The number of aliphatic hydroxyl groups is 1. The number of nitrogens with zero attached hydrogens (tertiary/aromatic N) is 2. The van der Waals surface area contributed by atoms with Gasteiger partial charge in [-0.25, -0.2) is 8.78 Å². The topological polar surface area (TPSA) is 97.1 Å². The van der Waals surface area contributed by atoms with Gasteiger partial charge in [0.15, 0.2) is 11.5 Å². The third-order valence-electron chi connectivity index (χ3n) is 4.14. The van der Waals surface area contributed by atoms with Crippen molar-refractivity contribution in [1.82, 2.24) is 10.2 Å². The van der Waals surface area contributed by atoms with Crippen molar-refractivity contribution in [2.45, 2.75) is 12.0 Å². The number of alkyl halides is 2. The molecule has 1 fully saturated rings. The summed E-state index contributed by atoms with van der Waals surface area (Å²) in [5, 5.41) is 23.6. The monoisotopic (exact) mass is 345 g/mol. The Balaban J connectivity index is 2.11. The molecule has 0 spiro atoms. The van der Waals surface area contributed by atoms with Crippen LogP contribution in [0.1, 0.15) is 11.6 Å². The average molecular weight is 345 g/mol. The molecule has 2 heterocycles. The summed E-state index contributed by atoms with van der Waals surface area (Å²) in [5.41, 5.74) is -0.666. The molecule has 1 aromatic rings. The van der Waals surface area contributed by atoms with Crippen LogP contribution in [-0.4, -0.2) is 60.4 Å². The zero-order valence-electron chi connectivity index (χ0n) is 12.7. The van der Waals surface area contributed by atoms with Gasteiger partial charge in [0.1, 0.15) is 12.6 Å². The van der Waals surface area contributed by atoms with Crippen LogP contribution in [0.15, 0.2) is 12.1 Å². The second-order valence-electron chi connectivity index (χ2n) is 5.63. The van der Waals surface area contributed by atoms with E-state index in [1.54, 1.807) is 0 Å². The second kappa shape index (κ2) is 6.46. The van der Waals surface area contributed by atoms with Crippen molar-refractivity contribution in [3.63, 3.8) is 0 Å². The van der Waals surface area contributed by atoms with Crippen LogP contribution in [0.2, 0.25) is 0 Å². The number of ether oxygens (including phenoxy) is 2. The Morgan fingerprint density at radius 3 is 2.54 bits per heavy atom. The zero-order chi connectivity index (χ0) is 17.3. The molecular formula is C14H17F2N3O5. The number of hydrogen-bond donors (Lipinski definition) is 2. The molecule has 0 radical (unpaired) electrons. The van der Waals surface area contributed by atoms with Gasteiger partial charge in [-0.1, -0.05) is 0 Å². The Morgan fingerprint density at radius 2 is 1.96 bits per heavy atom. The lowest BCUT2D eigenvalue weighted by atomic mass is 9.96. The number of halogens is 2. The normalized spacial score (nSPS) is 19.3. The first-order valence-corrected chi connectivity index (χ1v) is 7.45. The summed E-state index contributed by atoms with van der Waals surface area (Å²) >= 11 is 0. The van der Waals surface area contributed by atoms with Crippen LogP contribution >= 0.6 is 0 Å². The van der Waals surface area contributed by atoms with E-state index in [2.05, 4.69) is 5.32 Å². The van der Waals surface area contributed by atoms with Crippen molar-refractivity contribution >= 4 is 5.69 Å². The van der Waals surface area contributed by atoms with Gasteiger partial charge in [-0.15, -0.1) is 0 Å². The number of hydrogen-bond acceptors (Lipinski definition) is 7. The van der Waals surface area contributed by atoms with Gasteiger partial charge in [-0.05, 0) is 6.07 Å². The summed E-state index contributed by atoms with van der Waals surface area (Å²) < 4.78 is 39.2. The zero-order valence-corrected chi connectivity index (χ0v) is 12.7. The number of nitro groups is 1. The van der Waals surface area contributed by atoms with Crippen LogP contribution in [0.5, 0.6) is 11.5 Å². The van der Waals surface area contributed by atoms with E-state index in [1.165, 1.54) is 11.0 Å². The van der Waals surface area contributed by atoms with Crippen molar-refractivity contribution in [3.8, 4) is 11.5 Å². The van der Waals surface area contributed by atoms with E-state index in [-0.39, 0.29) is 36.9 Å². The van der Waals surface area contributed by atoms with Crippen LogP contribution < -0.4 is 14.8 Å². The maximum atomic E-state index is 14.5. The predicted molar refractivity (Wildman–Crippen MR) is 78.4 cm³/mol. The predicted octanol–water partition coefficient (Wildman–Crippen LogP) is 0.897. The first-order chi connectivity index (χ1) is 11.4. The van der Waals surface area contributed by atoms with Crippen molar-refractivity contribution in [3.05, 3.63) is 27.8 Å². The Labute approximate surface area is 136 Å². The lowest BCUT2D eigenvalue weighted by molar-refractivity contribution is -0.386. The average Bonchev–Trinajstić information content (AvgIpc) is 3.02. The van der Waals surface area contributed by atoms with Gasteiger partial charge < -0.3 is 19.9 Å². The van der Waals surface area contributed by atoms with Gasteiger partial charge in [0.05, 0.1) is 16.6 Å². The van der Waals surface area contributed by atoms with Crippen LogP contribution in [-0.2, 0) is 0 Å². The number of rotatable bonds is 5. The Morgan fingerprint density at radius 1 is 1.33 bits per heavy atom. The summed E-state index contributed by atoms with van der Waals surface area (Å²) in [5.74, 6) is -3.21. The number of piperazine rings is 1. The first kappa shape index (κ1) is 16.8. The van der Waals surface area contributed by atoms with E-state index in [1.807, 2.05) is 0 Å². The van der Waals surface area contributed by atoms with Gasteiger partial charge in [-0.2, -0.15) is 0 Å². The minimum atomic E-state index is -3.55. The standard InChI is InChI=1S/C14H17F2N3O5/c15-14(16,7-20)13(18-3-1-17-2-4-18)9-5-11-12(24-8-23-11)6-10(9)19(21)22/h5-6,13,17,20H,1-4,7-8H2/t13-/m1/s1. The molecule has 1 saturated heterocycles. The van der Waals surface area contributed by atoms with Gasteiger partial charge in [0, 0.05) is 26.2 Å². The fourth-order valence-corrected chi connectivity index (χ4v) is 3.04. The highest BCUT2D eigenvalue weighted by Gasteiger charge is 2.47. The molecule has 0 aliphatic carbocycles. The number of nitrogens with one attached hydrogen (secondary N) is 1. The Hall–Kier alpha value is -2.04. The molecule has 2 N–H and O–H groups in total. The molecule has 0 aromatic heterocycles. The summed E-state index contributed by atoms with van der Waals surface area (Å²) in [7, 11) is 0. The first-order valence-electron chi connectivity index (χ1n) is 7.45. The van der Waals surface area contributed by atoms with Gasteiger partial charge in [0.2, 0.25) is 6.79 Å². The summed E-state index contributed by atoms with van der Waals surface area (Å²) in [4.78, 5) is 12.1. The van der Waals surface area contributed by atoms with Crippen LogP contribution in [0.3, 0.4) is 0 Å². The molecule has 10 heteroatoms. The van der Waals surface area contributed by atoms with Crippen LogP contribution in [0, 0.1) is 10.1 Å². The highest BCUT2D eigenvalue weighted by Crippen LogP contribution is 2.46. The van der Waals surface area contributed by atoms with Crippen molar-refractivity contribution in [2.24, 2.45) is 0 Å². The van der Waals surface area contributed by atoms with E-state index in [4.69, 9.17) is 14.6 Å². The van der Waals surface area contributed by atoms with Crippen molar-refractivity contribution < 1.29 is 28.3 Å². The third-order valence-corrected chi connectivity index (χ3v) is 4.14. The van der Waals surface area contributed by atoms with E-state index in [0.717, 1.165) is 6.07 Å². The van der Waals surface area contributed by atoms with E-state index in [9.17, 15) is 18.9 Å². The molecule has 0 unspecified atom stereocenters. The lowest BCUT2D eigenvalue weighted by Crippen LogP contribution is -2.51. The van der Waals surface area contributed by atoms with E-state index < -0.39 is 29.2 Å². The maximum Gasteiger partial charge on any atom is 0.290 e. The van der Waals surface area contributed by atoms with Crippen molar-refractivity contribution in [2.75, 3.05) is 39.6 Å². The van der Waals surface area contributed by atoms with Crippen LogP contribution in [0.25, 0.3) is 0 Å². The number of fused-ring (bicyclic) bond motifs is 1. The summed E-state index contributed by atoms with van der Waals surface area (Å²) in [6.07, 6.45) is 0. The molecule has 2 aliphatic heterocycles. The molecule has 132 valence electrons. The van der Waals surface area contributed by atoms with Gasteiger partial charge >= 0.3 is 0 Å². The molecule has 0 amide bonds.